The van der Waals surface area contributed by atoms with E-state index in [1.165, 1.54) is 6.21 Å². The van der Waals surface area contributed by atoms with E-state index in [0.29, 0.717) is 0 Å². The van der Waals surface area contributed by atoms with Crippen LogP contribution >= 0.6 is 0 Å². The van der Waals surface area contributed by atoms with Crippen LogP contribution in [0.25, 0.3) is 0 Å². The summed E-state index contributed by atoms with van der Waals surface area (Å²) < 4.78 is 3.67. The van der Waals surface area contributed by atoms with Gasteiger partial charge < -0.3 is 5.11 Å². The van der Waals surface area contributed by atoms with E-state index in [1.54, 1.807) is 18.4 Å². The Balaban J connectivity index is 0.000000490. The zero-order valence-electron chi connectivity index (χ0n) is 4.78. The summed E-state index contributed by atoms with van der Waals surface area (Å²) in [5.41, 5.74) is 0. The highest BCUT2D eigenvalue weighted by Crippen LogP contribution is 1.78. The molecule has 0 fully saturated rings. The molecule has 0 bridgehead atoms. The maximum Gasteiger partial charge on any atom is 1.00 e. The molecule has 1 N–H and O–H groups in total. The highest BCUT2D eigenvalue weighted by atomic mass is 16.3. The molecule has 0 amide bonds. The lowest BCUT2D eigenvalue weighted by molar-refractivity contribution is 0.293. The van der Waals surface area contributed by atoms with Crippen molar-refractivity contribution >= 4 is 12.4 Å². The highest BCUT2D eigenvalue weighted by Gasteiger charge is 2.00. The fraction of sp³-hybridized carbons (Fsp3) is 0.200. The average molecular weight is 97.1 g/mol. The van der Waals surface area contributed by atoms with Crippen LogP contribution in [0, 0.1) is 0 Å². The van der Waals surface area contributed by atoms with Gasteiger partial charge in [-0.1, -0.05) is 0 Å². The summed E-state index contributed by atoms with van der Waals surface area (Å²) in [5.74, 6) is 0. The third-order valence-corrected chi connectivity index (χ3v) is 0.719. The highest BCUT2D eigenvalue weighted by molar-refractivity contribution is 5.80. The van der Waals surface area contributed by atoms with Gasteiger partial charge in [0.05, 0.1) is 0 Å². The fourth-order valence-corrected chi connectivity index (χ4v) is 0.401. The van der Waals surface area contributed by atoms with Crippen molar-refractivity contribution in [2.75, 3.05) is 0 Å². The first-order valence-electron chi connectivity index (χ1n) is 2.11. The summed E-state index contributed by atoms with van der Waals surface area (Å²) in [5, 5.41) is 8.65. The van der Waals surface area contributed by atoms with Crippen molar-refractivity contribution in [1.82, 2.24) is 4.67 Å². The molecule has 0 spiro atoms. The van der Waals surface area contributed by atoms with E-state index in [4.69, 9.17) is 5.11 Å². The van der Waals surface area contributed by atoms with Crippen molar-refractivity contribution in [3.8, 4) is 0 Å². The van der Waals surface area contributed by atoms with Crippen LogP contribution in [-0.4, -0.2) is 23.6 Å². The Labute approximate surface area is 43.0 Å². The van der Waals surface area contributed by atoms with Crippen LogP contribution in [0.5, 0.6) is 0 Å². The van der Waals surface area contributed by atoms with Gasteiger partial charge >= 0.3 is 7.64 Å². The van der Waals surface area contributed by atoms with Crippen LogP contribution in [0.15, 0.2) is 12.2 Å². The Morgan fingerprint density at radius 2 is 2.57 bits per heavy atom. The second kappa shape index (κ2) is 1.73. The van der Waals surface area contributed by atoms with Gasteiger partial charge in [0.15, 0.2) is 6.10 Å². The molecular formula is C5H7NO+2. The molecule has 0 aromatic rings. The molecule has 0 radical (unpaired) electrons. The van der Waals surface area contributed by atoms with Gasteiger partial charge in [-0.3, -0.25) is 0 Å². The number of hydrogen-bond acceptors (Lipinski definition) is 1. The summed E-state index contributed by atoms with van der Waals surface area (Å²) in [7, 11) is 0. The van der Waals surface area contributed by atoms with Crippen molar-refractivity contribution in [3.63, 3.8) is 0 Å². The van der Waals surface area contributed by atoms with E-state index in [9.17, 15) is 0 Å². The second-order valence-electron chi connectivity index (χ2n) is 1.32. The van der Waals surface area contributed by atoms with E-state index in [0.717, 1.165) is 0 Å². The lowest BCUT2D eigenvalue weighted by Gasteiger charge is -1.84. The molecule has 7 heavy (non-hydrogen) atoms. The summed E-state index contributed by atoms with van der Waals surface area (Å²) in [6.07, 6.45) is 6.01. The summed E-state index contributed by atoms with van der Waals surface area (Å²) in [4.78, 5) is 0. The molecule has 0 aromatic carbocycles. The van der Waals surface area contributed by atoms with Gasteiger partial charge in [0, 0.05) is 6.08 Å². The van der Waals surface area contributed by atoms with Crippen molar-refractivity contribution < 1.29 is 6.53 Å². The standard InChI is InChI=1S/C5H6NO/c7-5-2-1-3-6-4-5/h1-5,7H/q+1/p+1. The minimum atomic E-state index is -0.468. The van der Waals surface area contributed by atoms with Gasteiger partial charge in [0.25, 0.3) is 6.21 Å². The van der Waals surface area contributed by atoms with Crippen molar-refractivity contribution in [1.29, 1.82) is 0 Å². The topological polar surface area (TPSA) is 34.3 Å². The Hall–Kier alpha value is -0.850. The number of rotatable bonds is 0. The molecular weight excluding hydrogens is 90.1 g/mol. The normalized spacial score (nSPS) is 26.1. The number of aliphatic hydroxyl groups excluding tert-OH is 1. The van der Waals surface area contributed by atoms with Gasteiger partial charge in [0.2, 0.25) is 0 Å². The molecule has 1 rings (SSSR count). The largest absolute Gasteiger partial charge is 1.00 e. The SMILES string of the molecule is OC1C=CC=[N+]=C1.[H+]. The first-order valence-corrected chi connectivity index (χ1v) is 2.11. The molecule has 1 unspecified atom stereocenters. The Kier molecular flexibility index (Phi) is 1.07. The molecule has 36 valence electrons. The van der Waals surface area contributed by atoms with Crippen LogP contribution in [0.3, 0.4) is 0 Å². The van der Waals surface area contributed by atoms with Crippen molar-refractivity contribution in [2.45, 2.75) is 6.10 Å². The molecule has 0 aromatic heterocycles. The first kappa shape index (κ1) is 4.31. The predicted octanol–water partition coefficient (Wildman–Crippen LogP) is -0.762. The third kappa shape index (κ3) is 1.000. The third-order valence-electron chi connectivity index (χ3n) is 0.719. The molecule has 0 saturated carbocycles. The van der Waals surface area contributed by atoms with Crippen LogP contribution in [0.2, 0.25) is 0 Å². The zero-order chi connectivity index (χ0) is 5.11. The minimum Gasteiger partial charge on any atom is -0.377 e. The van der Waals surface area contributed by atoms with Crippen molar-refractivity contribution in [3.05, 3.63) is 12.2 Å². The number of allylic oxidation sites excluding steroid dienone is 1. The quantitative estimate of drug-likeness (QED) is 0.396. The number of aliphatic hydroxyl groups is 1. The second-order valence-corrected chi connectivity index (χ2v) is 1.32. The van der Waals surface area contributed by atoms with Gasteiger partial charge in [-0.15, -0.1) is 4.67 Å². The predicted molar refractivity (Wildman–Crippen MR) is 30.5 cm³/mol. The zero-order valence-corrected chi connectivity index (χ0v) is 3.78. The Bertz CT molecular complexity index is 147. The van der Waals surface area contributed by atoms with Gasteiger partial charge in [-0.25, -0.2) is 0 Å². The average Bonchev–Trinajstić information content (AvgIpc) is 1.69. The first-order chi connectivity index (χ1) is 3.39. The molecule has 2 nitrogen and oxygen atoms in total. The molecule has 0 aliphatic carbocycles. The summed E-state index contributed by atoms with van der Waals surface area (Å²) in [6.45, 7) is 0. The van der Waals surface area contributed by atoms with E-state index in [1.807, 2.05) is 0 Å². The Morgan fingerprint density at radius 1 is 1.71 bits per heavy atom. The maximum atomic E-state index is 8.65. The minimum absolute atomic E-state index is 0. The van der Waals surface area contributed by atoms with E-state index in [2.05, 4.69) is 4.67 Å². The van der Waals surface area contributed by atoms with E-state index < -0.39 is 6.10 Å². The molecule has 0 saturated heterocycles. The molecule has 1 heterocycles. The fourth-order valence-electron chi connectivity index (χ4n) is 0.401. The lowest BCUT2D eigenvalue weighted by atomic mass is 10.3. The molecule has 1 aliphatic heterocycles. The van der Waals surface area contributed by atoms with Gasteiger partial charge in [0.1, 0.15) is 0 Å². The monoisotopic (exact) mass is 97.1 g/mol. The molecule has 2 heteroatoms. The molecule has 1 atom stereocenters. The maximum absolute atomic E-state index is 8.65. The summed E-state index contributed by atoms with van der Waals surface area (Å²) >= 11 is 0. The van der Waals surface area contributed by atoms with Gasteiger partial charge in [-0.2, -0.15) is 0 Å². The van der Waals surface area contributed by atoms with E-state index >= 15 is 0 Å². The van der Waals surface area contributed by atoms with E-state index in [-0.39, 0.29) is 1.43 Å². The lowest BCUT2D eigenvalue weighted by Crippen LogP contribution is -2.08. The summed E-state index contributed by atoms with van der Waals surface area (Å²) in [6, 6.07) is 0. The van der Waals surface area contributed by atoms with Crippen LogP contribution < -0.4 is 4.67 Å². The van der Waals surface area contributed by atoms with Gasteiger partial charge in [-0.05, 0) is 6.08 Å². The van der Waals surface area contributed by atoms with Crippen LogP contribution in [0.4, 0.5) is 0 Å². The number of nitrogens with zero attached hydrogens (tertiary/aromatic N) is 1. The smallest absolute Gasteiger partial charge is 0.377 e. The Morgan fingerprint density at radius 3 is 2.86 bits per heavy atom. The number of hydrogen-bond donors (Lipinski definition) is 1. The molecule has 1 aliphatic rings. The van der Waals surface area contributed by atoms with Crippen LogP contribution in [0.1, 0.15) is 1.43 Å². The van der Waals surface area contributed by atoms with Crippen LogP contribution in [-0.2, 0) is 0 Å². The van der Waals surface area contributed by atoms with Crippen molar-refractivity contribution in [2.24, 2.45) is 0 Å².